The molecule has 2 aromatic rings. The highest BCUT2D eigenvalue weighted by Crippen LogP contribution is 2.19. The van der Waals surface area contributed by atoms with Gasteiger partial charge in [-0.25, -0.2) is 4.98 Å². The summed E-state index contributed by atoms with van der Waals surface area (Å²) < 4.78 is 0. The van der Waals surface area contributed by atoms with Crippen molar-refractivity contribution in [3.05, 3.63) is 59.8 Å². The van der Waals surface area contributed by atoms with Gasteiger partial charge in [0.25, 0.3) is 5.91 Å². The molecule has 1 heterocycles. The zero-order chi connectivity index (χ0) is 16.1. The summed E-state index contributed by atoms with van der Waals surface area (Å²) in [7, 11) is 0. The molecule has 5 heteroatoms. The van der Waals surface area contributed by atoms with Gasteiger partial charge < -0.3 is 15.7 Å². The van der Waals surface area contributed by atoms with Crippen LogP contribution < -0.4 is 10.6 Å². The predicted octanol–water partition coefficient (Wildman–Crippen LogP) is 1.99. The van der Waals surface area contributed by atoms with E-state index in [4.69, 9.17) is 0 Å². The van der Waals surface area contributed by atoms with Crippen LogP contribution in [-0.2, 0) is 6.42 Å². The molecule has 1 aromatic carbocycles. The average molecular weight is 311 g/mol. The lowest BCUT2D eigenvalue weighted by Crippen LogP contribution is -2.27. The first-order valence-corrected chi connectivity index (χ1v) is 7.93. The lowest BCUT2D eigenvalue weighted by atomic mass is 10.1. The van der Waals surface area contributed by atoms with Crippen LogP contribution in [0.4, 0.5) is 5.82 Å². The Bertz CT molecular complexity index is 639. The lowest BCUT2D eigenvalue weighted by Gasteiger charge is -2.17. The first-order valence-electron chi connectivity index (χ1n) is 7.93. The first-order chi connectivity index (χ1) is 11.2. The van der Waals surface area contributed by atoms with Crippen LogP contribution in [0.3, 0.4) is 0 Å². The van der Waals surface area contributed by atoms with E-state index in [2.05, 4.69) is 15.6 Å². The third-order valence-electron chi connectivity index (χ3n) is 3.84. The number of anilines is 1. The standard InChI is InChI=1S/C18H21N3O2/c22-12-16(10-13-4-2-1-3-5-13)20-17-9-6-14(11-19-17)18(23)21-15-7-8-15/h1-6,9,11,15-16,22H,7-8,10,12H2,(H,19,20)(H,21,23)/t16-/m1/s1. The van der Waals surface area contributed by atoms with Crippen LogP contribution in [0.5, 0.6) is 0 Å². The number of nitrogens with one attached hydrogen (secondary N) is 2. The number of pyridine rings is 1. The molecule has 1 aromatic heterocycles. The van der Waals surface area contributed by atoms with Gasteiger partial charge in [0.2, 0.25) is 0 Å². The van der Waals surface area contributed by atoms with Gasteiger partial charge in [-0.05, 0) is 37.0 Å². The fraction of sp³-hybridized carbons (Fsp3) is 0.333. The number of rotatable bonds is 7. The van der Waals surface area contributed by atoms with Gasteiger partial charge in [-0.1, -0.05) is 30.3 Å². The predicted molar refractivity (Wildman–Crippen MR) is 89.4 cm³/mol. The molecular weight excluding hydrogens is 290 g/mol. The SMILES string of the molecule is O=C(NC1CC1)c1ccc(N[C@@H](CO)Cc2ccccc2)nc1. The van der Waals surface area contributed by atoms with Crippen LogP contribution in [0.15, 0.2) is 48.7 Å². The fourth-order valence-corrected chi connectivity index (χ4v) is 2.38. The number of benzene rings is 1. The number of aliphatic hydroxyl groups is 1. The van der Waals surface area contributed by atoms with Crippen molar-refractivity contribution in [3.63, 3.8) is 0 Å². The molecule has 120 valence electrons. The van der Waals surface area contributed by atoms with Gasteiger partial charge in [-0.3, -0.25) is 4.79 Å². The zero-order valence-corrected chi connectivity index (χ0v) is 12.9. The van der Waals surface area contributed by atoms with Crippen molar-refractivity contribution in [3.8, 4) is 0 Å². The van der Waals surface area contributed by atoms with E-state index in [1.54, 1.807) is 18.3 Å². The Morgan fingerprint density at radius 3 is 2.61 bits per heavy atom. The zero-order valence-electron chi connectivity index (χ0n) is 12.9. The van der Waals surface area contributed by atoms with Crippen LogP contribution in [-0.4, -0.2) is 34.7 Å². The van der Waals surface area contributed by atoms with Crippen LogP contribution in [0.25, 0.3) is 0 Å². The van der Waals surface area contributed by atoms with Crippen molar-refractivity contribution in [2.45, 2.75) is 31.3 Å². The second kappa shape index (κ2) is 7.24. The summed E-state index contributed by atoms with van der Waals surface area (Å²) in [5.74, 6) is 0.581. The van der Waals surface area contributed by atoms with E-state index in [0.717, 1.165) is 18.4 Å². The van der Waals surface area contributed by atoms with Crippen molar-refractivity contribution < 1.29 is 9.90 Å². The number of aliphatic hydroxyl groups excluding tert-OH is 1. The Labute approximate surface area is 135 Å². The summed E-state index contributed by atoms with van der Waals surface area (Å²) in [4.78, 5) is 16.2. The third kappa shape index (κ3) is 4.53. The summed E-state index contributed by atoms with van der Waals surface area (Å²) in [5.41, 5.74) is 1.71. The number of hydrogen-bond acceptors (Lipinski definition) is 4. The largest absolute Gasteiger partial charge is 0.394 e. The Morgan fingerprint density at radius 2 is 2.00 bits per heavy atom. The van der Waals surface area contributed by atoms with Gasteiger partial charge in [0.15, 0.2) is 0 Å². The summed E-state index contributed by atoms with van der Waals surface area (Å²) in [6, 6.07) is 13.7. The number of amides is 1. The second-order valence-corrected chi connectivity index (χ2v) is 5.89. The van der Waals surface area contributed by atoms with Crippen LogP contribution in [0.2, 0.25) is 0 Å². The molecule has 0 spiro atoms. The minimum Gasteiger partial charge on any atom is -0.394 e. The first kappa shape index (κ1) is 15.5. The minimum atomic E-state index is -0.115. The molecule has 1 atom stereocenters. The highest BCUT2D eigenvalue weighted by Gasteiger charge is 2.23. The van der Waals surface area contributed by atoms with Gasteiger partial charge in [0.05, 0.1) is 18.2 Å². The van der Waals surface area contributed by atoms with E-state index in [-0.39, 0.29) is 18.6 Å². The molecule has 0 aliphatic heterocycles. The molecule has 0 bridgehead atoms. The molecule has 23 heavy (non-hydrogen) atoms. The number of aromatic nitrogens is 1. The van der Waals surface area contributed by atoms with Crippen molar-refractivity contribution in [1.82, 2.24) is 10.3 Å². The van der Waals surface area contributed by atoms with E-state index in [9.17, 15) is 9.90 Å². The maximum absolute atomic E-state index is 11.9. The van der Waals surface area contributed by atoms with Gasteiger partial charge in [-0.15, -0.1) is 0 Å². The molecule has 3 N–H and O–H groups in total. The normalized spacial score (nSPS) is 15.0. The van der Waals surface area contributed by atoms with Gasteiger partial charge in [-0.2, -0.15) is 0 Å². The van der Waals surface area contributed by atoms with E-state index >= 15 is 0 Å². The molecule has 3 rings (SSSR count). The molecular formula is C18H21N3O2. The van der Waals surface area contributed by atoms with Gasteiger partial charge in [0, 0.05) is 12.2 Å². The van der Waals surface area contributed by atoms with Gasteiger partial charge >= 0.3 is 0 Å². The third-order valence-corrected chi connectivity index (χ3v) is 3.84. The topological polar surface area (TPSA) is 74.2 Å². The van der Waals surface area contributed by atoms with Crippen LogP contribution in [0, 0.1) is 0 Å². The van der Waals surface area contributed by atoms with E-state index in [1.807, 2.05) is 30.3 Å². The maximum Gasteiger partial charge on any atom is 0.253 e. The van der Waals surface area contributed by atoms with Crippen molar-refractivity contribution in [2.24, 2.45) is 0 Å². The number of carbonyl (C=O) groups is 1. The maximum atomic E-state index is 11.9. The molecule has 1 saturated carbocycles. The average Bonchev–Trinajstić information content (AvgIpc) is 3.40. The molecule has 0 radical (unpaired) electrons. The van der Waals surface area contributed by atoms with Crippen LogP contribution >= 0.6 is 0 Å². The van der Waals surface area contributed by atoms with Crippen LogP contribution in [0.1, 0.15) is 28.8 Å². The molecule has 5 nitrogen and oxygen atoms in total. The quantitative estimate of drug-likeness (QED) is 0.731. The monoisotopic (exact) mass is 311 g/mol. The Hall–Kier alpha value is -2.40. The number of hydrogen-bond donors (Lipinski definition) is 3. The lowest BCUT2D eigenvalue weighted by molar-refractivity contribution is 0.0950. The van der Waals surface area contributed by atoms with Crippen molar-refractivity contribution >= 4 is 11.7 Å². The molecule has 1 amide bonds. The van der Waals surface area contributed by atoms with Crippen molar-refractivity contribution in [2.75, 3.05) is 11.9 Å². The Kier molecular flexibility index (Phi) is 4.88. The smallest absolute Gasteiger partial charge is 0.253 e. The van der Waals surface area contributed by atoms with E-state index in [0.29, 0.717) is 23.8 Å². The summed E-state index contributed by atoms with van der Waals surface area (Å²) >= 11 is 0. The molecule has 0 unspecified atom stereocenters. The van der Waals surface area contributed by atoms with Crippen molar-refractivity contribution in [1.29, 1.82) is 0 Å². The highest BCUT2D eigenvalue weighted by molar-refractivity contribution is 5.94. The molecule has 1 aliphatic carbocycles. The molecule has 1 aliphatic rings. The molecule has 0 saturated heterocycles. The molecule has 1 fully saturated rings. The number of nitrogens with zero attached hydrogens (tertiary/aromatic N) is 1. The van der Waals surface area contributed by atoms with E-state index in [1.165, 1.54) is 0 Å². The second-order valence-electron chi connectivity index (χ2n) is 5.89. The summed E-state index contributed by atoms with van der Waals surface area (Å²) in [6.45, 7) is 0.0144. The van der Waals surface area contributed by atoms with Gasteiger partial charge in [0.1, 0.15) is 5.82 Å². The summed E-state index contributed by atoms with van der Waals surface area (Å²) in [5, 5.41) is 15.7. The van der Waals surface area contributed by atoms with E-state index < -0.39 is 0 Å². The number of carbonyl (C=O) groups excluding carboxylic acids is 1. The summed E-state index contributed by atoms with van der Waals surface area (Å²) in [6.07, 6.45) is 4.41. The Morgan fingerprint density at radius 1 is 1.22 bits per heavy atom. The fourth-order valence-electron chi connectivity index (χ4n) is 2.38. The minimum absolute atomic E-state index is 0.0144. The Balaban J connectivity index is 1.58. The highest BCUT2D eigenvalue weighted by atomic mass is 16.3.